The smallest absolute Gasteiger partial charge is 0.353 e. The third-order valence-electron chi connectivity index (χ3n) is 6.21. The third kappa shape index (κ3) is 3.23. The SMILES string of the molecule is Cc1[nH]nc2c1C(=O)[NH+](CCCNC(=O)C1CC1c1ccccc1)c1ccccc1-2. The normalized spacial score (nSPS) is 21.6. The Labute approximate surface area is 175 Å². The summed E-state index contributed by atoms with van der Waals surface area (Å²) in [5.41, 5.74) is 5.42. The average Bonchev–Trinajstić information content (AvgIpc) is 3.49. The van der Waals surface area contributed by atoms with E-state index >= 15 is 0 Å². The Morgan fingerprint density at radius 1 is 1.17 bits per heavy atom. The number of aryl methyl sites for hydroxylation is 1. The fourth-order valence-electron chi connectivity index (χ4n) is 4.54. The highest BCUT2D eigenvalue weighted by Gasteiger charge is 2.43. The van der Waals surface area contributed by atoms with Crippen molar-refractivity contribution in [2.75, 3.05) is 13.1 Å². The number of quaternary nitrogens is 1. The molecular formula is C24H25N4O2+. The van der Waals surface area contributed by atoms with Crippen LogP contribution < -0.4 is 10.2 Å². The predicted molar refractivity (Wildman–Crippen MR) is 113 cm³/mol. The number of hydrogen-bond donors (Lipinski definition) is 3. The van der Waals surface area contributed by atoms with Gasteiger partial charge in [0, 0.05) is 30.6 Å². The first-order valence-electron chi connectivity index (χ1n) is 10.5. The minimum absolute atomic E-state index is 0.0487. The van der Waals surface area contributed by atoms with Gasteiger partial charge in [0.2, 0.25) is 5.91 Å². The molecule has 3 unspecified atom stereocenters. The van der Waals surface area contributed by atoms with Crippen molar-refractivity contribution in [3.63, 3.8) is 0 Å². The van der Waals surface area contributed by atoms with Crippen LogP contribution in [0.5, 0.6) is 0 Å². The summed E-state index contributed by atoms with van der Waals surface area (Å²) < 4.78 is 0. The summed E-state index contributed by atoms with van der Waals surface area (Å²) in [5.74, 6) is 0.591. The van der Waals surface area contributed by atoms with Crippen LogP contribution in [0.15, 0.2) is 54.6 Å². The molecule has 0 radical (unpaired) electrons. The number of hydrogen-bond acceptors (Lipinski definition) is 3. The van der Waals surface area contributed by atoms with Crippen LogP contribution >= 0.6 is 0 Å². The van der Waals surface area contributed by atoms with Crippen LogP contribution in [0.2, 0.25) is 0 Å². The van der Waals surface area contributed by atoms with Crippen molar-refractivity contribution in [1.82, 2.24) is 15.5 Å². The molecule has 2 amide bonds. The highest BCUT2D eigenvalue weighted by atomic mass is 16.2. The van der Waals surface area contributed by atoms with Gasteiger partial charge in [-0.3, -0.25) is 9.89 Å². The summed E-state index contributed by atoms with van der Waals surface area (Å²) in [5, 5.41) is 10.4. The summed E-state index contributed by atoms with van der Waals surface area (Å²) in [6.07, 6.45) is 1.65. The molecule has 2 aromatic carbocycles. The molecular weight excluding hydrogens is 376 g/mol. The van der Waals surface area contributed by atoms with E-state index in [9.17, 15) is 9.59 Å². The van der Waals surface area contributed by atoms with E-state index in [4.69, 9.17) is 0 Å². The lowest BCUT2D eigenvalue weighted by Crippen LogP contribution is -3.10. The number of nitrogens with one attached hydrogen (secondary N) is 3. The molecule has 1 fully saturated rings. The van der Waals surface area contributed by atoms with E-state index in [0.29, 0.717) is 24.6 Å². The summed E-state index contributed by atoms with van der Waals surface area (Å²) in [7, 11) is 0. The van der Waals surface area contributed by atoms with Gasteiger partial charge in [-0.1, -0.05) is 42.5 Å². The summed E-state index contributed by atoms with van der Waals surface area (Å²) in [6, 6.07) is 18.1. The predicted octanol–water partition coefficient (Wildman–Crippen LogP) is 2.37. The zero-order valence-corrected chi connectivity index (χ0v) is 16.9. The van der Waals surface area contributed by atoms with Gasteiger partial charge in [0.05, 0.1) is 12.1 Å². The molecule has 6 nitrogen and oxygen atoms in total. The van der Waals surface area contributed by atoms with E-state index in [-0.39, 0.29) is 17.7 Å². The number of carbonyl (C=O) groups is 2. The lowest BCUT2D eigenvalue weighted by atomic mass is 9.97. The van der Waals surface area contributed by atoms with Gasteiger partial charge in [-0.05, 0) is 30.9 Å². The second kappa shape index (κ2) is 7.54. The van der Waals surface area contributed by atoms with Gasteiger partial charge in [0.15, 0.2) is 0 Å². The second-order valence-electron chi connectivity index (χ2n) is 8.18. The van der Waals surface area contributed by atoms with Crippen LogP contribution in [0.3, 0.4) is 0 Å². The zero-order valence-electron chi connectivity index (χ0n) is 16.9. The zero-order chi connectivity index (χ0) is 20.7. The van der Waals surface area contributed by atoms with Crippen molar-refractivity contribution in [3.8, 4) is 11.3 Å². The van der Waals surface area contributed by atoms with Crippen molar-refractivity contribution in [2.24, 2.45) is 5.92 Å². The van der Waals surface area contributed by atoms with Crippen molar-refractivity contribution in [3.05, 3.63) is 71.4 Å². The fraction of sp³-hybridized carbons (Fsp3) is 0.292. The molecule has 30 heavy (non-hydrogen) atoms. The Kier molecular flexibility index (Phi) is 4.71. The first-order chi connectivity index (χ1) is 14.6. The maximum atomic E-state index is 13.1. The minimum Gasteiger partial charge on any atom is -0.356 e. The maximum Gasteiger partial charge on any atom is 0.353 e. The summed E-state index contributed by atoms with van der Waals surface area (Å²) >= 11 is 0. The molecule has 2 heterocycles. The highest BCUT2D eigenvalue weighted by Crippen LogP contribution is 2.47. The molecule has 0 spiro atoms. The lowest BCUT2D eigenvalue weighted by molar-refractivity contribution is -0.741. The Hall–Kier alpha value is -3.25. The molecule has 3 atom stereocenters. The number of amides is 2. The van der Waals surface area contributed by atoms with Crippen molar-refractivity contribution in [2.45, 2.75) is 25.7 Å². The maximum absolute atomic E-state index is 13.1. The number of carbonyl (C=O) groups excluding carboxylic acids is 2. The summed E-state index contributed by atoms with van der Waals surface area (Å²) in [6.45, 7) is 3.09. The minimum atomic E-state index is 0.0487. The van der Waals surface area contributed by atoms with Crippen LogP contribution in [0.25, 0.3) is 11.3 Å². The number of aromatic nitrogens is 2. The molecule has 1 saturated carbocycles. The van der Waals surface area contributed by atoms with E-state index in [0.717, 1.165) is 40.4 Å². The molecule has 1 aliphatic heterocycles. The number of nitrogens with zero attached hydrogens (tertiary/aromatic N) is 1. The second-order valence-corrected chi connectivity index (χ2v) is 8.18. The van der Waals surface area contributed by atoms with Crippen LogP contribution in [-0.2, 0) is 4.79 Å². The molecule has 5 rings (SSSR count). The van der Waals surface area contributed by atoms with Gasteiger partial charge in [0.1, 0.15) is 16.9 Å². The fourth-order valence-corrected chi connectivity index (χ4v) is 4.54. The topological polar surface area (TPSA) is 79.3 Å². The molecule has 6 heteroatoms. The molecule has 3 aromatic rings. The third-order valence-corrected chi connectivity index (χ3v) is 6.21. The monoisotopic (exact) mass is 401 g/mol. The van der Waals surface area contributed by atoms with Gasteiger partial charge in [-0.15, -0.1) is 0 Å². The number of para-hydroxylation sites is 1. The standard InChI is InChI=1S/C24H24N4O2/c1-15-21-22(27-26-15)17-10-5-6-11-20(17)28(24(21)30)13-7-12-25-23(29)19-14-18(19)16-8-3-2-4-9-16/h2-6,8-11,18-19H,7,12-14H2,1H3,(H,25,29)(H,26,27)/p+1. The van der Waals surface area contributed by atoms with Gasteiger partial charge >= 0.3 is 5.91 Å². The molecule has 1 aliphatic carbocycles. The first kappa shape index (κ1) is 18.8. The number of benzene rings is 2. The molecule has 1 aromatic heterocycles. The average molecular weight is 401 g/mol. The van der Waals surface area contributed by atoms with Crippen LogP contribution in [0.4, 0.5) is 5.69 Å². The van der Waals surface area contributed by atoms with Crippen LogP contribution in [0.1, 0.15) is 40.4 Å². The summed E-state index contributed by atoms with van der Waals surface area (Å²) in [4.78, 5) is 26.4. The van der Waals surface area contributed by atoms with Crippen LogP contribution in [0, 0.1) is 12.8 Å². The van der Waals surface area contributed by atoms with Gasteiger partial charge in [-0.25, -0.2) is 9.69 Å². The van der Waals surface area contributed by atoms with Gasteiger partial charge in [-0.2, -0.15) is 5.10 Å². The molecule has 0 bridgehead atoms. The first-order valence-corrected chi connectivity index (χ1v) is 10.5. The van der Waals surface area contributed by atoms with Gasteiger partial charge in [0.25, 0.3) is 0 Å². The van der Waals surface area contributed by atoms with E-state index in [1.165, 1.54) is 5.56 Å². The molecule has 2 aliphatic rings. The Balaban J connectivity index is 1.20. The van der Waals surface area contributed by atoms with E-state index in [1.54, 1.807) is 0 Å². The Morgan fingerprint density at radius 3 is 2.77 bits per heavy atom. The largest absolute Gasteiger partial charge is 0.356 e. The lowest BCUT2D eigenvalue weighted by Gasteiger charge is -2.23. The van der Waals surface area contributed by atoms with E-state index in [2.05, 4.69) is 27.6 Å². The van der Waals surface area contributed by atoms with Crippen molar-refractivity contribution < 1.29 is 14.5 Å². The van der Waals surface area contributed by atoms with Crippen molar-refractivity contribution >= 4 is 17.5 Å². The number of rotatable bonds is 6. The van der Waals surface area contributed by atoms with Gasteiger partial charge < -0.3 is 5.32 Å². The molecule has 152 valence electrons. The number of fused-ring (bicyclic) bond motifs is 3. The van der Waals surface area contributed by atoms with E-state index in [1.807, 2.05) is 49.4 Å². The Morgan fingerprint density at radius 2 is 1.93 bits per heavy atom. The quantitative estimate of drug-likeness (QED) is 0.555. The highest BCUT2D eigenvalue weighted by molar-refractivity contribution is 6.01. The number of aromatic amines is 1. The Bertz CT molecular complexity index is 1110. The van der Waals surface area contributed by atoms with Crippen molar-refractivity contribution in [1.29, 1.82) is 0 Å². The van der Waals surface area contributed by atoms with Crippen LogP contribution in [-0.4, -0.2) is 35.1 Å². The number of H-pyrrole nitrogens is 1. The molecule has 0 saturated heterocycles. The molecule has 3 N–H and O–H groups in total. The van der Waals surface area contributed by atoms with E-state index < -0.39 is 0 Å².